The van der Waals surface area contributed by atoms with E-state index in [1.165, 1.54) is 0 Å². The van der Waals surface area contributed by atoms with E-state index in [1.54, 1.807) is 6.08 Å². The summed E-state index contributed by atoms with van der Waals surface area (Å²) < 4.78 is 0. The molecule has 1 aliphatic rings. The van der Waals surface area contributed by atoms with Crippen LogP contribution in [0.2, 0.25) is 0 Å². The fourth-order valence-electron chi connectivity index (χ4n) is 4.62. The zero-order valence-corrected chi connectivity index (χ0v) is 24.3. The topological polar surface area (TPSA) is 126 Å². The Balaban J connectivity index is 1.65. The largest absolute Gasteiger partial charge is 0.505 e. The van der Waals surface area contributed by atoms with E-state index in [0.717, 1.165) is 87.9 Å². The molecule has 0 aliphatic heterocycles. The lowest BCUT2D eigenvalue weighted by Crippen LogP contribution is -2.23. The lowest BCUT2D eigenvalue weighted by Gasteiger charge is -2.19. The molecule has 0 atom stereocenters. The molecular formula is C33H46N4O4. The number of hydrogen-bond donors (Lipinski definition) is 6. The summed E-state index contributed by atoms with van der Waals surface area (Å²) in [6.45, 7) is 4.22. The van der Waals surface area contributed by atoms with Gasteiger partial charge in [0.05, 0.1) is 11.4 Å². The predicted octanol–water partition coefficient (Wildman–Crippen LogP) is 6.88. The summed E-state index contributed by atoms with van der Waals surface area (Å²) in [5, 5.41) is 38.7. The lowest BCUT2D eigenvalue weighted by atomic mass is 9.94. The van der Waals surface area contributed by atoms with Crippen LogP contribution in [0.1, 0.15) is 71.1 Å². The average molecular weight is 563 g/mol. The van der Waals surface area contributed by atoms with Gasteiger partial charge in [0.1, 0.15) is 11.5 Å². The summed E-state index contributed by atoms with van der Waals surface area (Å²) in [6.07, 6.45) is 10.8. The van der Waals surface area contributed by atoms with E-state index in [2.05, 4.69) is 20.9 Å². The van der Waals surface area contributed by atoms with Gasteiger partial charge in [-0.25, -0.2) is 4.99 Å². The van der Waals surface area contributed by atoms with Crippen molar-refractivity contribution < 1.29 is 20.1 Å². The van der Waals surface area contributed by atoms with Crippen LogP contribution < -0.4 is 16.0 Å². The molecule has 0 fully saturated rings. The summed E-state index contributed by atoms with van der Waals surface area (Å²) in [6, 6.07) is 15.5. The molecule has 3 rings (SSSR count). The van der Waals surface area contributed by atoms with Crippen molar-refractivity contribution in [1.29, 1.82) is 0 Å². The minimum Gasteiger partial charge on any atom is -0.505 e. The van der Waals surface area contributed by atoms with Crippen molar-refractivity contribution in [3.8, 4) is 0 Å². The smallest absolute Gasteiger partial charge is 0.209 e. The third kappa shape index (κ3) is 10.7. The lowest BCUT2D eigenvalue weighted by molar-refractivity contribution is -0.112. The van der Waals surface area contributed by atoms with E-state index in [-0.39, 0.29) is 24.8 Å². The summed E-state index contributed by atoms with van der Waals surface area (Å²) in [5.41, 5.74) is 4.59. The minimum atomic E-state index is -0.216. The highest BCUT2D eigenvalue weighted by atomic mass is 16.3. The van der Waals surface area contributed by atoms with E-state index >= 15 is 0 Å². The van der Waals surface area contributed by atoms with E-state index in [1.807, 2.05) is 55.5 Å². The van der Waals surface area contributed by atoms with Gasteiger partial charge < -0.3 is 31.3 Å². The molecule has 8 nitrogen and oxygen atoms in total. The van der Waals surface area contributed by atoms with Gasteiger partial charge in [-0.05, 0) is 86.7 Å². The van der Waals surface area contributed by atoms with Crippen LogP contribution in [0.25, 0.3) is 0 Å². The van der Waals surface area contributed by atoms with Crippen LogP contribution >= 0.6 is 0 Å². The van der Waals surface area contributed by atoms with Gasteiger partial charge in [-0.1, -0.05) is 39.0 Å². The number of nitrogens with one attached hydrogen (secondary N) is 3. The molecule has 0 saturated carbocycles. The minimum absolute atomic E-state index is 0.0639. The van der Waals surface area contributed by atoms with Gasteiger partial charge >= 0.3 is 0 Å². The number of aliphatic hydroxyl groups is 3. The van der Waals surface area contributed by atoms with Crippen LogP contribution in [-0.2, 0) is 4.79 Å². The molecule has 0 aromatic heterocycles. The molecule has 0 saturated heterocycles. The second kappa shape index (κ2) is 17.9. The van der Waals surface area contributed by atoms with Crippen LogP contribution in [0, 0.1) is 0 Å². The Labute approximate surface area is 244 Å². The Morgan fingerprint density at radius 1 is 0.707 bits per heavy atom. The number of Topliss-reactive ketones (excluding diaryl/α,β-unsaturated/α-hetero) is 1. The number of aliphatic imine (C=N–C) groups is 1. The van der Waals surface area contributed by atoms with Crippen molar-refractivity contribution in [2.24, 2.45) is 4.99 Å². The van der Waals surface area contributed by atoms with Gasteiger partial charge in [-0.2, -0.15) is 0 Å². The number of ketones is 1. The first-order valence-electron chi connectivity index (χ1n) is 15.0. The maximum Gasteiger partial charge on any atom is 0.209 e. The molecule has 0 amide bonds. The number of carbonyl (C=O) groups excluding carboxylic acids is 1. The number of rotatable bonds is 19. The number of allylic oxidation sites excluding steroid dienone is 2. The molecule has 41 heavy (non-hydrogen) atoms. The third-order valence-corrected chi connectivity index (χ3v) is 6.94. The Morgan fingerprint density at radius 3 is 1.76 bits per heavy atom. The summed E-state index contributed by atoms with van der Waals surface area (Å²) in [7, 11) is 0. The molecule has 2 aromatic carbocycles. The van der Waals surface area contributed by atoms with Crippen LogP contribution in [0.15, 0.2) is 76.6 Å². The highest BCUT2D eigenvalue weighted by Crippen LogP contribution is 2.27. The number of aliphatic hydroxyl groups excluding tert-OH is 3. The molecule has 8 heteroatoms. The molecule has 6 N–H and O–H groups in total. The van der Waals surface area contributed by atoms with E-state index in [9.17, 15) is 9.90 Å². The van der Waals surface area contributed by atoms with E-state index in [4.69, 9.17) is 10.2 Å². The number of benzene rings is 2. The van der Waals surface area contributed by atoms with Crippen LogP contribution in [0.5, 0.6) is 0 Å². The number of hydrogen-bond acceptors (Lipinski definition) is 8. The van der Waals surface area contributed by atoms with Crippen molar-refractivity contribution in [2.45, 2.75) is 71.1 Å². The van der Waals surface area contributed by atoms with Gasteiger partial charge in [-0.15, -0.1) is 0 Å². The predicted molar refractivity (Wildman–Crippen MR) is 169 cm³/mol. The van der Waals surface area contributed by atoms with Crippen molar-refractivity contribution in [2.75, 3.05) is 42.3 Å². The highest BCUT2D eigenvalue weighted by molar-refractivity contribution is 6.24. The van der Waals surface area contributed by atoms with Gasteiger partial charge in [-0.3, -0.25) is 4.79 Å². The molecule has 0 spiro atoms. The van der Waals surface area contributed by atoms with E-state index < -0.39 is 0 Å². The Hall–Kier alpha value is -3.62. The first-order chi connectivity index (χ1) is 20.0. The van der Waals surface area contributed by atoms with Gasteiger partial charge in [0.15, 0.2) is 0 Å². The zero-order valence-electron chi connectivity index (χ0n) is 24.3. The first-order valence-corrected chi connectivity index (χ1v) is 15.0. The summed E-state index contributed by atoms with van der Waals surface area (Å²) in [5.74, 6) is -0.280. The number of carbonyl (C=O) groups is 1. The average Bonchev–Trinajstić information content (AvgIpc) is 2.99. The van der Waals surface area contributed by atoms with Crippen LogP contribution in [-0.4, -0.2) is 53.1 Å². The molecule has 0 radical (unpaired) electrons. The number of nitrogens with zero attached hydrogens (tertiary/aromatic N) is 1. The van der Waals surface area contributed by atoms with Crippen LogP contribution in [0.4, 0.5) is 22.7 Å². The number of unbranched alkanes of at least 4 members (excludes halogenated alkanes) is 6. The van der Waals surface area contributed by atoms with Gasteiger partial charge in [0, 0.05) is 48.9 Å². The maximum absolute atomic E-state index is 13.2. The van der Waals surface area contributed by atoms with Crippen LogP contribution in [0.3, 0.4) is 0 Å². The molecule has 0 bridgehead atoms. The monoisotopic (exact) mass is 562 g/mol. The molecular weight excluding hydrogens is 516 g/mol. The molecule has 0 heterocycles. The summed E-state index contributed by atoms with van der Waals surface area (Å²) in [4.78, 5) is 17.9. The second-order valence-electron chi connectivity index (χ2n) is 10.3. The van der Waals surface area contributed by atoms with Crippen molar-refractivity contribution in [3.05, 3.63) is 71.6 Å². The Bertz CT molecular complexity index is 1170. The Kier molecular flexibility index (Phi) is 14.0. The zero-order chi connectivity index (χ0) is 29.3. The number of anilines is 3. The van der Waals surface area contributed by atoms with Gasteiger partial charge in [0.2, 0.25) is 5.78 Å². The third-order valence-electron chi connectivity index (χ3n) is 6.94. The molecule has 2 aromatic rings. The molecule has 222 valence electrons. The summed E-state index contributed by atoms with van der Waals surface area (Å²) >= 11 is 0. The molecule has 1 aliphatic carbocycles. The SMILES string of the molecule is CCCC1=C(O)/C(=N\c2ccc(NCCCCCCO)cc2)C=C(Nc2ccc(NCCCCCCO)cc2)C1=O. The van der Waals surface area contributed by atoms with Crippen molar-refractivity contribution in [1.82, 2.24) is 0 Å². The van der Waals surface area contributed by atoms with Gasteiger partial charge in [0.25, 0.3) is 0 Å². The Morgan fingerprint density at radius 2 is 1.22 bits per heavy atom. The standard InChI is InChI=1S/C33H46N4O4/c1-2-11-29-32(40)30(36-27-16-12-25(13-17-27)34-20-7-3-5-9-22-38)24-31(33(29)41)37-28-18-14-26(15-19-28)35-21-8-4-6-10-23-39/h12-19,24,34-36,38-39,41H,2-11,20-23H2,1H3/b37-31-. The fourth-order valence-corrected chi connectivity index (χ4v) is 4.62. The second-order valence-corrected chi connectivity index (χ2v) is 10.3. The first kappa shape index (κ1) is 31.9. The maximum atomic E-state index is 13.2. The quantitative estimate of drug-likeness (QED) is 0.0814. The fraction of sp³-hybridized carbons (Fsp3) is 0.455. The molecule has 0 unspecified atom stereocenters. The van der Waals surface area contributed by atoms with Crippen molar-refractivity contribution >= 4 is 34.2 Å². The van der Waals surface area contributed by atoms with E-state index in [0.29, 0.717) is 29.1 Å². The normalized spacial score (nSPS) is 14.4. The highest BCUT2D eigenvalue weighted by Gasteiger charge is 2.27. The van der Waals surface area contributed by atoms with Crippen molar-refractivity contribution in [3.63, 3.8) is 0 Å².